The number of aromatic nitrogens is 1. The van der Waals surface area contributed by atoms with Crippen molar-refractivity contribution in [2.24, 2.45) is 0 Å². The highest BCUT2D eigenvalue weighted by Gasteiger charge is 2.25. The normalized spacial score (nSPS) is 18.2. The van der Waals surface area contributed by atoms with Crippen LogP contribution in [0.4, 0.5) is 0 Å². The number of nitrogens with zero attached hydrogens (tertiary/aromatic N) is 2. The number of nitrogens with one attached hydrogen (secondary N) is 1. The summed E-state index contributed by atoms with van der Waals surface area (Å²) in [5.41, 5.74) is 0.750. The fourth-order valence-corrected chi connectivity index (χ4v) is 2.63. The number of hydrogen-bond acceptors (Lipinski definition) is 5. The molecule has 22 heavy (non-hydrogen) atoms. The molecule has 2 rings (SSSR count). The molecule has 120 valence electrons. The van der Waals surface area contributed by atoms with Gasteiger partial charge in [-0.05, 0) is 31.4 Å². The number of aliphatic hydroxyl groups excluding tert-OH is 1. The minimum Gasteiger partial charge on any atom is -0.478 e. The first kappa shape index (κ1) is 16.4. The molecular formula is C15H21N3O4. The van der Waals surface area contributed by atoms with E-state index in [-0.39, 0.29) is 30.7 Å². The van der Waals surface area contributed by atoms with Gasteiger partial charge < -0.3 is 20.4 Å². The van der Waals surface area contributed by atoms with Crippen LogP contribution in [0, 0.1) is 0 Å². The maximum atomic E-state index is 12.2. The molecule has 0 saturated carbocycles. The standard InChI is InChI=1S/C15H21N3O4/c19-10-13-3-1-2-6-18(13)14(20)9-16-8-12-7-11(15(21)22)4-5-17-12/h4-5,7,13,16,19H,1-3,6,8-10H2,(H,21,22). The smallest absolute Gasteiger partial charge is 0.335 e. The molecule has 1 unspecified atom stereocenters. The van der Waals surface area contributed by atoms with Gasteiger partial charge in [-0.2, -0.15) is 0 Å². The number of amides is 1. The van der Waals surface area contributed by atoms with Crippen molar-refractivity contribution < 1.29 is 19.8 Å². The number of pyridine rings is 1. The summed E-state index contributed by atoms with van der Waals surface area (Å²) in [4.78, 5) is 28.8. The Balaban J connectivity index is 1.84. The van der Waals surface area contributed by atoms with E-state index in [2.05, 4.69) is 10.3 Å². The maximum absolute atomic E-state index is 12.2. The summed E-state index contributed by atoms with van der Waals surface area (Å²) in [5.74, 6) is -1.05. The van der Waals surface area contributed by atoms with Crippen molar-refractivity contribution in [1.29, 1.82) is 0 Å². The van der Waals surface area contributed by atoms with Gasteiger partial charge in [-0.15, -0.1) is 0 Å². The molecule has 1 aliphatic heterocycles. The number of carboxylic acid groups (broad SMARTS) is 1. The fourth-order valence-electron chi connectivity index (χ4n) is 2.63. The lowest BCUT2D eigenvalue weighted by Crippen LogP contribution is -2.48. The Labute approximate surface area is 129 Å². The van der Waals surface area contributed by atoms with Crippen LogP contribution >= 0.6 is 0 Å². The predicted molar refractivity (Wildman–Crippen MR) is 79.3 cm³/mol. The number of hydrogen-bond donors (Lipinski definition) is 3. The van der Waals surface area contributed by atoms with Crippen LogP contribution in [0.15, 0.2) is 18.3 Å². The van der Waals surface area contributed by atoms with Crippen LogP contribution in [0.25, 0.3) is 0 Å². The van der Waals surface area contributed by atoms with Gasteiger partial charge in [0.25, 0.3) is 0 Å². The van der Waals surface area contributed by atoms with Crippen LogP contribution in [0.5, 0.6) is 0 Å². The van der Waals surface area contributed by atoms with Crippen molar-refractivity contribution in [3.05, 3.63) is 29.6 Å². The molecule has 2 heterocycles. The molecule has 1 atom stereocenters. The van der Waals surface area contributed by atoms with Crippen LogP contribution in [0.1, 0.15) is 35.3 Å². The molecular weight excluding hydrogens is 286 g/mol. The number of carbonyl (C=O) groups excluding carboxylic acids is 1. The van der Waals surface area contributed by atoms with E-state index < -0.39 is 5.97 Å². The molecule has 0 bridgehead atoms. The Hall–Kier alpha value is -1.99. The first-order valence-electron chi connectivity index (χ1n) is 7.41. The molecule has 1 aromatic rings. The molecule has 1 amide bonds. The van der Waals surface area contributed by atoms with Crippen LogP contribution in [-0.2, 0) is 11.3 Å². The van der Waals surface area contributed by atoms with Crippen molar-refractivity contribution in [1.82, 2.24) is 15.2 Å². The summed E-state index contributed by atoms with van der Waals surface area (Å²) in [6, 6.07) is 2.82. The molecule has 1 aliphatic rings. The molecule has 0 radical (unpaired) electrons. The summed E-state index contributed by atoms with van der Waals surface area (Å²) in [5, 5.41) is 21.2. The van der Waals surface area contributed by atoms with Gasteiger partial charge in [-0.3, -0.25) is 9.78 Å². The SMILES string of the molecule is O=C(O)c1ccnc(CNCC(=O)N2CCCCC2CO)c1. The number of aliphatic hydroxyl groups is 1. The molecule has 0 aromatic carbocycles. The summed E-state index contributed by atoms with van der Waals surface area (Å²) >= 11 is 0. The van der Waals surface area contributed by atoms with E-state index in [9.17, 15) is 14.7 Å². The van der Waals surface area contributed by atoms with Crippen LogP contribution in [-0.4, -0.2) is 57.7 Å². The fraction of sp³-hybridized carbons (Fsp3) is 0.533. The average Bonchev–Trinajstić information content (AvgIpc) is 2.55. The lowest BCUT2D eigenvalue weighted by atomic mass is 10.0. The third-order valence-corrected chi connectivity index (χ3v) is 3.80. The summed E-state index contributed by atoms with van der Waals surface area (Å²) in [6.07, 6.45) is 4.28. The van der Waals surface area contributed by atoms with Crippen molar-refractivity contribution in [3.8, 4) is 0 Å². The van der Waals surface area contributed by atoms with E-state index in [4.69, 9.17) is 5.11 Å². The molecule has 0 spiro atoms. The Morgan fingerprint density at radius 1 is 1.41 bits per heavy atom. The zero-order chi connectivity index (χ0) is 15.9. The highest BCUT2D eigenvalue weighted by atomic mass is 16.4. The average molecular weight is 307 g/mol. The Bertz CT molecular complexity index is 535. The highest BCUT2D eigenvalue weighted by molar-refractivity contribution is 5.87. The number of carboxylic acids is 1. The number of aromatic carboxylic acids is 1. The van der Waals surface area contributed by atoms with E-state index >= 15 is 0 Å². The maximum Gasteiger partial charge on any atom is 0.335 e. The molecule has 3 N–H and O–H groups in total. The Kier molecular flexibility index (Phi) is 5.85. The summed E-state index contributed by atoms with van der Waals surface area (Å²) in [7, 11) is 0. The first-order valence-corrected chi connectivity index (χ1v) is 7.41. The highest BCUT2D eigenvalue weighted by Crippen LogP contribution is 2.16. The third-order valence-electron chi connectivity index (χ3n) is 3.80. The zero-order valence-corrected chi connectivity index (χ0v) is 12.4. The van der Waals surface area contributed by atoms with Gasteiger partial charge in [0.2, 0.25) is 5.91 Å². The van der Waals surface area contributed by atoms with E-state index in [0.29, 0.717) is 18.8 Å². The zero-order valence-electron chi connectivity index (χ0n) is 12.4. The molecule has 1 saturated heterocycles. The van der Waals surface area contributed by atoms with Crippen molar-refractivity contribution in [2.75, 3.05) is 19.7 Å². The van der Waals surface area contributed by atoms with E-state index in [1.165, 1.54) is 18.3 Å². The number of piperidine rings is 1. The molecule has 1 fully saturated rings. The van der Waals surface area contributed by atoms with E-state index in [0.717, 1.165) is 19.3 Å². The van der Waals surface area contributed by atoms with Crippen molar-refractivity contribution >= 4 is 11.9 Å². The lowest BCUT2D eigenvalue weighted by molar-refractivity contribution is -0.134. The van der Waals surface area contributed by atoms with E-state index in [1.807, 2.05) is 0 Å². The second-order valence-corrected chi connectivity index (χ2v) is 5.36. The molecule has 7 heteroatoms. The number of rotatable bonds is 6. The summed E-state index contributed by atoms with van der Waals surface area (Å²) < 4.78 is 0. The lowest BCUT2D eigenvalue weighted by Gasteiger charge is -2.34. The predicted octanol–water partition coefficient (Wildman–Crippen LogP) is 0.243. The molecule has 0 aliphatic carbocycles. The van der Waals surface area contributed by atoms with Gasteiger partial charge in [0.15, 0.2) is 0 Å². The first-order chi connectivity index (χ1) is 10.6. The van der Waals surface area contributed by atoms with Crippen molar-refractivity contribution in [3.63, 3.8) is 0 Å². The van der Waals surface area contributed by atoms with Crippen LogP contribution in [0.2, 0.25) is 0 Å². The number of carbonyl (C=O) groups is 2. The van der Waals surface area contributed by atoms with Gasteiger partial charge in [-0.1, -0.05) is 0 Å². The summed E-state index contributed by atoms with van der Waals surface area (Å²) in [6.45, 7) is 1.15. The van der Waals surface area contributed by atoms with Crippen LogP contribution in [0.3, 0.4) is 0 Å². The monoisotopic (exact) mass is 307 g/mol. The van der Waals surface area contributed by atoms with Gasteiger partial charge in [0.05, 0.1) is 30.5 Å². The third kappa shape index (κ3) is 4.25. The number of likely N-dealkylation sites (tertiary alicyclic amines) is 1. The van der Waals surface area contributed by atoms with Gasteiger partial charge in [0.1, 0.15) is 0 Å². The van der Waals surface area contributed by atoms with Gasteiger partial charge in [-0.25, -0.2) is 4.79 Å². The minimum atomic E-state index is -1.00. The Morgan fingerprint density at radius 3 is 2.95 bits per heavy atom. The second-order valence-electron chi connectivity index (χ2n) is 5.36. The molecule has 7 nitrogen and oxygen atoms in total. The largest absolute Gasteiger partial charge is 0.478 e. The van der Waals surface area contributed by atoms with Crippen molar-refractivity contribution in [2.45, 2.75) is 31.8 Å². The quantitative estimate of drug-likeness (QED) is 0.696. The second kappa shape index (κ2) is 7.86. The van der Waals surface area contributed by atoms with Crippen LogP contribution < -0.4 is 5.32 Å². The van der Waals surface area contributed by atoms with Gasteiger partial charge in [0, 0.05) is 19.3 Å². The topological polar surface area (TPSA) is 103 Å². The van der Waals surface area contributed by atoms with Gasteiger partial charge >= 0.3 is 5.97 Å². The molecule has 1 aromatic heterocycles. The Morgan fingerprint density at radius 2 is 2.23 bits per heavy atom. The minimum absolute atomic E-state index is 0.00600. The van der Waals surface area contributed by atoms with E-state index in [1.54, 1.807) is 4.90 Å².